The number of H-pyrrole nitrogens is 1. The highest BCUT2D eigenvalue weighted by Gasteiger charge is 2.18. The van der Waals surface area contributed by atoms with E-state index >= 15 is 0 Å². The fraction of sp³-hybridized carbons (Fsp3) is 0.227. The lowest BCUT2D eigenvalue weighted by Crippen LogP contribution is -2.25. The van der Waals surface area contributed by atoms with E-state index in [1.807, 2.05) is 63.2 Å². The first-order chi connectivity index (χ1) is 13.5. The number of rotatable bonds is 5. The van der Waals surface area contributed by atoms with Gasteiger partial charge in [-0.2, -0.15) is 5.10 Å². The number of amides is 1. The van der Waals surface area contributed by atoms with E-state index in [1.54, 1.807) is 4.68 Å². The fourth-order valence-electron chi connectivity index (χ4n) is 3.41. The number of nitrogens with zero attached hydrogens (tertiary/aromatic N) is 3. The van der Waals surface area contributed by atoms with Crippen LogP contribution in [0.4, 0.5) is 5.69 Å². The second kappa shape index (κ2) is 7.31. The van der Waals surface area contributed by atoms with E-state index in [0.717, 1.165) is 40.4 Å². The van der Waals surface area contributed by atoms with Crippen LogP contribution in [-0.2, 0) is 11.2 Å². The number of fused-ring (bicyclic) bond motifs is 1. The Morgan fingerprint density at radius 3 is 2.64 bits per heavy atom. The number of anilines is 1. The van der Waals surface area contributed by atoms with Crippen molar-refractivity contribution in [2.75, 3.05) is 5.32 Å². The van der Waals surface area contributed by atoms with E-state index in [9.17, 15) is 4.79 Å². The summed E-state index contributed by atoms with van der Waals surface area (Å²) in [7, 11) is 0. The Morgan fingerprint density at radius 1 is 1.14 bits per heavy atom. The lowest BCUT2D eigenvalue weighted by Gasteiger charge is -2.14. The summed E-state index contributed by atoms with van der Waals surface area (Å²) in [6, 6.07) is 17.5. The van der Waals surface area contributed by atoms with E-state index in [2.05, 4.69) is 32.5 Å². The van der Waals surface area contributed by atoms with Gasteiger partial charge in [0.2, 0.25) is 5.91 Å². The van der Waals surface area contributed by atoms with Gasteiger partial charge in [0.15, 0.2) is 0 Å². The predicted molar refractivity (Wildman–Crippen MR) is 110 cm³/mol. The number of imidazole rings is 1. The summed E-state index contributed by atoms with van der Waals surface area (Å²) in [5, 5.41) is 7.39. The van der Waals surface area contributed by atoms with Crippen molar-refractivity contribution in [1.82, 2.24) is 19.7 Å². The number of nitrogens with one attached hydrogen (secondary N) is 2. The van der Waals surface area contributed by atoms with Crippen molar-refractivity contribution in [2.45, 2.75) is 33.2 Å². The molecule has 4 rings (SSSR count). The van der Waals surface area contributed by atoms with Gasteiger partial charge in [-0.05, 0) is 50.6 Å². The summed E-state index contributed by atoms with van der Waals surface area (Å²) in [4.78, 5) is 20.7. The maximum absolute atomic E-state index is 12.7. The molecule has 142 valence electrons. The van der Waals surface area contributed by atoms with Gasteiger partial charge < -0.3 is 10.3 Å². The molecule has 0 aliphatic rings. The number of carbonyl (C=O) groups is 1. The molecule has 28 heavy (non-hydrogen) atoms. The molecule has 1 amide bonds. The minimum atomic E-state index is -0.389. The highest BCUT2D eigenvalue weighted by molar-refractivity contribution is 5.95. The molecule has 0 bridgehead atoms. The van der Waals surface area contributed by atoms with E-state index in [4.69, 9.17) is 0 Å². The van der Waals surface area contributed by atoms with Gasteiger partial charge in [0.1, 0.15) is 11.9 Å². The Bertz CT molecular complexity index is 1130. The lowest BCUT2D eigenvalue weighted by molar-refractivity contribution is -0.119. The summed E-state index contributed by atoms with van der Waals surface area (Å²) in [6.07, 6.45) is 0.742. The van der Waals surface area contributed by atoms with E-state index in [0.29, 0.717) is 0 Å². The molecule has 0 spiro atoms. The molecule has 0 unspecified atom stereocenters. The number of hydrogen-bond donors (Lipinski definition) is 2. The second-order valence-electron chi connectivity index (χ2n) is 7.11. The first-order valence-electron chi connectivity index (χ1n) is 9.36. The molecule has 0 radical (unpaired) electrons. The molecule has 2 N–H and O–H groups in total. The minimum absolute atomic E-state index is 0.102. The quantitative estimate of drug-likeness (QED) is 0.551. The normalized spacial score (nSPS) is 12.2. The highest BCUT2D eigenvalue weighted by Crippen LogP contribution is 2.20. The summed E-state index contributed by atoms with van der Waals surface area (Å²) in [5.74, 6) is 0.801. The third-order valence-electron chi connectivity index (χ3n) is 4.80. The van der Waals surface area contributed by atoms with Crippen LogP contribution in [0.1, 0.15) is 35.7 Å². The van der Waals surface area contributed by atoms with Crippen molar-refractivity contribution in [1.29, 1.82) is 0 Å². The largest absolute Gasteiger partial charge is 0.342 e. The molecule has 6 heteroatoms. The van der Waals surface area contributed by atoms with Crippen molar-refractivity contribution < 1.29 is 4.79 Å². The molecule has 0 aliphatic carbocycles. The molecule has 2 aromatic carbocycles. The Labute approximate surface area is 163 Å². The van der Waals surface area contributed by atoms with Gasteiger partial charge in [0, 0.05) is 17.8 Å². The van der Waals surface area contributed by atoms with Gasteiger partial charge in [-0.15, -0.1) is 0 Å². The Kier molecular flexibility index (Phi) is 4.69. The zero-order chi connectivity index (χ0) is 19.7. The van der Waals surface area contributed by atoms with Crippen LogP contribution < -0.4 is 5.32 Å². The molecule has 0 aliphatic heterocycles. The number of hydrogen-bond acceptors (Lipinski definition) is 3. The molecule has 4 aromatic rings. The standard InChI is InChI=1S/C22H23N5O/c1-14-11-15(2)27(26-14)16(3)22(28)23-18-9-10-19-20(13-18)25-21(24-19)12-17-7-5-4-6-8-17/h4-11,13,16H,12H2,1-3H3,(H,23,28)(H,24,25)/t16-/m0/s1. The third-order valence-corrected chi connectivity index (χ3v) is 4.80. The highest BCUT2D eigenvalue weighted by atomic mass is 16.2. The maximum Gasteiger partial charge on any atom is 0.248 e. The summed E-state index contributed by atoms with van der Waals surface area (Å²) in [6.45, 7) is 5.73. The smallest absolute Gasteiger partial charge is 0.248 e. The Hall–Kier alpha value is -3.41. The molecule has 2 heterocycles. The predicted octanol–water partition coefficient (Wildman–Crippen LogP) is 4.17. The molecule has 0 saturated heterocycles. The van der Waals surface area contributed by atoms with Gasteiger partial charge in [-0.1, -0.05) is 30.3 Å². The molecule has 6 nitrogen and oxygen atoms in total. The molecule has 1 atom stereocenters. The van der Waals surface area contributed by atoms with Crippen molar-refractivity contribution in [3.8, 4) is 0 Å². The Balaban J connectivity index is 1.51. The van der Waals surface area contributed by atoms with Crippen LogP contribution in [0.25, 0.3) is 11.0 Å². The summed E-state index contributed by atoms with van der Waals surface area (Å²) in [5.41, 5.74) is 5.60. The summed E-state index contributed by atoms with van der Waals surface area (Å²) >= 11 is 0. The molecule has 2 aromatic heterocycles. The van der Waals surface area contributed by atoms with Crippen molar-refractivity contribution >= 4 is 22.6 Å². The van der Waals surface area contributed by atoms with Crippen LogP contribution in [0.2, 0.25) is 0 Å². The van der Waals surface area contributed by atoms with Crippen molar-refractivity contribution in [2.24, 2.45) is 0 Å². The van der Waals surface area contributed by atoms with Gasteiger partial charge in [-0.3, -0.25) is 9.48 Å². The molecule has 0 saturated carbocycles. The zero-order valence-corrected chi connectivity index (χ0v) is 16.2. The van der Waals surface area contributed by atoms with Gasteiger partial charge in [-0.25, -0.2) is 4.98 Å². The van der Waals surface area contributed by atoms with E-state index in [-0.39, 0.29) is 11.9 Å². The first kappa shape index (κ1) is 18.0. The van der Waals surface area contributed by atoms with Crippen LogP contribution in [0.3, 0.4) is 0 Å². The number of aryl methyl sites for hydroxylation is 2. The average Bonchev–Trinajstić information content (AvgIpc) is 3.23. The van der Waals surface area contributed by atoms with Crippen LogP contribution in [0, 0.1) is 13.8 Å². The van der Waals surface area contributed by atoms with Crippen LogP contribution >= 0.6 is 0 Å². The Morgan fingerprint density at radius 2 is 1.93 bits per heavy atom. The number of aromatic nitrogens is 4. The monoisotopic (exact) mass is 373 g/mol. The molecular weight excluding hydrogens is 350 g/mol. The maximum atomic E-state index is 12.7. The SMILES string of the molecule is Cc1cc(C)n([C@@H](C)C(=O)Nc2ccc3nc(Cc4ccccc4)[nH]c3c2)n1. The third kappa shape index (κ3) is 3.67. The topological polar surface area (TPSA) is 75.6 Å². The zero-order valence-electron chi connectivity index (χ0n) is 16.2. The summed E-state index contributed by atoms with van der Waals surface area (Å²) < 4.78 is 1.75. The van der Waals surface area contributed by atoms with E-state index < -0.39 is 0 Å². The molecule has 0 fully saturated rings. The van der Waals surface area contributed by atoms with E-state index in [1.165, 1.54) is 5.56 Å². The number of benzene rings is 2. The second-order valence-corrected chi connectivity index (χ2v) is 7.11. The van der Waals surface area contributed by atoms with Gasteiger partial charge >= 0.3 is 0 Å². The van der Waals surface area contributed by atoms with Crippen molar-refractivity contribution in [3.63, 3.8) is 0 Å². The van der Waals surface area contributed by atoms with Crippen LogP contribution in [0.5, 0.6) is 0 Å². The van der Waals surface area contributed by atoms with Crippen LogP contribution in [0.15, 0.2) is 54.6 Å². The van der Waals surface area contributed by atoms with Gasteiger partial charge in [0.25, 0.3) is 0 Å². The van der Waals surface area contributed by atoms with Gasteiger partial charge in [0.05, 0.1) is 16.7 Å². The number of aromatic amines is 1. The minimum Gasteiger partial charge on any atom is -0.342 e. The number of carbonyl (C=O) groups excluding carboxylic acids is 1. The molecular formula is C22H23N5O. The first-order valence-corrected chi connectivity index (χ1v) is 9.36. The lowest BCUT2D eigenvalue weighted by atomic mass is 10.1. The fourth-order valence-corrected chi connectivity index (χ4v) is 3.41. The van der Waals surface area contributed by atoms with Crippen LogP contribution in [-0.4, -0.2) is 25.7 Å². The average molecular weight is 373 g/mol. The van der Waals surface area contributed by atoms with Crippen molar-refractivity contribution in [3.05, 3.63) is 77.4 Å².